The minimum atomic E-state index is -1.49. The van der Waals surface area contributed by atoms with Gasteiger partial charge in [0.15, 0.2) is 29.8 Å². The molecule has 16 nitrogen and oxygen atoms in total. The zero-order chi connectivity index (χ0) is 37.4. The van der Waals surface area contributed by atoms with Crippen LogP contribution in [0.25, 0.3) is 10.9 Å². The van der Waals surface area contributed by atoms with Crippen molar-refractivity contribution in [2.75, 3.05) is 27.4 Å². The van der Waals surface area contributed by atoms with Crippen LogP contribution in [0.4, 0.5) is 0 Å². The molecule has 2 saturated heterocycles. The molecule has 9 atom stereocenters. The van der Waals surface area contributed by atoms with E-state index in [2.05, 4.69) is 11.6 Å². The fourth-order valence-corrected chi connectivity index (χ4v) is 7.63. The number of carbonyl (C=O) groups is 5. The van der Waals surface area contributed by atoms with Crippen molar-refractivity contribution in [3.8, 4) is 11.5 Å². The van der Waals surface area contributed by atoms with Crippen molar-refractivity contribution in [1.82, 2.24) is 9.88 Å². The van der Waals surface area contributed by atoms with E-state index in [9.17, 15) is 24.0 Å². The van der Waals surface area contributed by atoms with Crippen molar-refractivity contribution in [1.29, 1.82) is 0 Å². The lowest BCUT2D eigenvalue weighted by Crippen LogP contribution is -2.63. The van der Waals surface area contributed by atoms with Gasteiger partial charge in [0, 0.05) is 68.7 Å². The number of aromatic nitrogens is 1. The summed E-state index contributed by atoms with van der Waals surface area (Å²) in [7, 11) is 3.15. The molecule has 0 aliphatic carbocycles. The van der Waals surface area contributed by atoms with Gasteiger partial charge in [0.25, 0.3) is 5.91 Å². The number of aromatic amines is 1. The second-order valence-electron chi connectivity index (χ2n) is 13.0. The highest BCUT2D eigenvalue weighted by atomic mass is 16.8. The van der Waals surface area contributed by atoms with E-state index in [1.807, 2.05) is 17.0 Å². The summed E-state index contributed by atoms with van der Waals surface area (Å²) in [6.45, 7) is 8.70. The number of methoxy groups -OCH3 is 2. The van der Waals surface area contributed by atoms with Crippen LogP contribution in [0.2, 0.25) is 0 Å². The number of hydrogen-bond donors (Lipinski definition) is 1. The number of nitrogens with zero attached hydrogens (tertiary/aromatic N) is 1. The van der Waals surface area contributed by atoms with Gasteiger partial charge >= 0.3 is 23.9 Å². The summed E-state index contributed by atoms with van der Waals surface area (Å²) in [5, 5.41) is 0.984. The molecule has 52 heavy (non-hydrogen) atoms. The Morgan fingerprint density at radius 3 is 2.21 bits per heavy atom. The molecule has 2 fully saturated rings. The third-order valence-electron chi connectivity index (χ3n) is 9.74. The van der Waals surface area contributed by atoms with E-state index in [1.165, 1.54) is 13.2 Å². The molecule has 0 spiro atoms. The number of carbonyl (C=O) groups excluding carboxylic acids is 5. The van der Waals surface area contributed by atoms with Crippen LogP contribution in [0, 0.1) is 11.8 Å². The normalized spacial score (nSPS) is 29.3. The van der Waals surface area contributed by atoms with Gasteiger partial charge in [-0.2, -0.15) is 0 Å². The molecule has 5 heterocycles. The first kappa shape index (κ1) is 36.7. The van der Waals surface area contributed by atoms with Crippen molar-refractivity contribution < 1.29 is 66.6 Å². The molecule has 280 valence electrons. The molecule has 16 heteroatoms. The number of piperidine rings is 1. The first-order valence-corrected chi connectivity index (χ1v) is 16.9. The van der Waals surface area contributed by atoms with Gasteiger partial charge < -0.3 is 52.5 Å². The Hall–Kier alpha value is -5.09. The van der Waals surface area contributed by atoms with Crippen LogP contribution in [-0.2, 0) is 63.6 Å². The monoisotopic (exact) mass is 726 g/mol. The van der Waals surface area contributed by atoms with E-state index >= 15 is 0 Å². The largest absolute Gasteiger partial charge is 0.493 e. The predicted molar refractivity (Wildman–Crippen MR) is 177 cm³/mol. The number of benzene rings is 1. The number of fused-ring (bicyclic) bond motifs is 6. The molecule has 1 N–H and O–H groups in total. The third-order valence-corrected chi connectivity index (χ3v) is 9.74. The molecule has 0 saturated carbocycles. The molecule has 6 rings (SSSR count). The van der Waals surface area contributed by atoms with Crippen LogP contribution in [0.1, 0.15) is 51.4 Å². The van der Waals surface area contributed by atoms with E-state index in [1.54, 1.807) is 20.3 Å². The highest BCUT2D eigenvalue weighted by molar-refractivity contribution is 5.96. The Kier molecular flexibility index (Phi) is 10.5. The van der Waals surface area contributed by atoms with Crippen LogP contribution in [0.3, 0.4) is 0 Å². The summed E-state index contributed by atoms with van der Waals surface area (Å²) >= 11 is 0. The Morgan fingerprint density at radius 2 is 1.58 bits per heavy atom. The molecule has 0 unspecified atom stereocenters. The van der Waals surface area contributed by atoms with E-state index in [-0.39, 0.29) is 11.9 Å². The second kappa shape index (κ2) is 14.9. The van der Waals surface area contributed by atoms with Gasteiger partial charge in [-0.05, 0) is 24.5 Å². The predicted octanol–water partition coefficient (Wildman–Crippen LogP) is 2.77. The number of esters is 4. The maximum absolute atomic E-state index is 14.0. The van der Waals surface area contributed by atoms with Gasteiger partial charge in [-0.15, -0.1) is 6.58 Å². The van der Waals surface area contributed by atoms with Crippen LogP contribution in [0.5, 0.6) is 11.5 Å². The number of nitrogens with one attached hydrogen (secondary N) is 1. The number of amides is 1. The van der Waals surface area contributed by atoms with Crippen molar-refractivity contribution in [3.05, 3.63) is 47.9 Å². The summed E-state index contributed by atoms with van der Waals surface area (Å²) in [4.78, 5) is 67.9. The first-order chi connectivity index (χ1) is 24.8. The highest BCUT2D eigenvalue weighted by Crippen LogP contribution is 2.49. The number of H-pyrrole nitrogens is 1. The molecule has 0 radical (unpaired) electrons. The lowest BCUT2D eigenvalue weighted by Gasteiger charge is -2.48. The van der Waals surface area contributed by atoms with Crippen LogP contribution < -0.4 is 9.47 Å². The smallest absolute Gasteiger partial charge is 0.303 e. The fourth-order valence-electron chi connectivity index (χ4n) is 7.63. The van der Waals surface area contributed by atoms with Gasteiger partial charge in [-0.1, -0.05) is 6.08 Å². The zero-order valence-corrected chi connectivity index (χ0v) is 29.7. The average molecular weight is 727 g/mol. The molecule has 1 aromatic heterocycles. The maximum Gasteiger partial charge on any atom is 0.303 e. The van der Waals surface area contributed by atoms with Crippen LogP contribution in [-0.4, -0.2) is 104 Å². The Bertz CT molecular complexity index is 1800. The zero-order valence-electron chi connectivity index (χ0n) is 29.7. The summed E-state index contributed by atoms with van der Waals surface area (Å²) in [5.41, 5.74) is 3.31. The summed E-state index contributed by atoms with van der Waals surface area (Å²) in [6.07, 6.45) is -3.95. The van der Waals surface area contributed by atoms with Crippen molar-refractivity contribution in [3.63, 3.8) is 0 Å². The van der Waals surface area contributed by atoms with E-state index in [0.717, 1.165) is 42.9 Å². The van der Waals surface area contributed by atoms with Gasteiger partial charge in [0.2, 0.25) is 12.6 Å². The average Bonchev–Trinajstić information content (AvgIpc) is 3.46. The molecule has 4 aliphatic heterocycles. The number of ether oxygens (including phenoxy) is 9. The maximum atomic E-state index is 14.0. The lowest BCUT2D eigenvalue weighted by atomic mass is 9.74. The van der Waals surface area contributed by atoms with E-state index < -0.39 is 79.3 Å². The SMILES string of the molecule is C=C[C@H]1[C@H](O[C@@H]2O[C@H](COC(C)=O)[C@@H](OC(C)=O)[C@H](OC(C)=O)[C@H]2OC(C)=O)OC=C2C(=O)N3CCc4c([nH]c5cc(OC)c(OC)cc45)[C@@H]3C[C@H]21. The molecule has 4 aliphatic rings. The third kappa shape index (κ3) is 6.91. The van der Waals surface area contributed by atoms with Crippen molar-refractivity contribution in [2.24, 2.45) is 11.8 Å². The first-order valence-electron chi connectivity index (χ1n) is 16.9. The summed E-state index contributed by atoms with van der Waals surface area (Å²) in [6, 6.07) is 3.51. The molecule has 1 aromatic carbocycles. The van der Waals surface area contributed by atoms with Crippen LogP contribution >= 0.6 is 0 Å². The molecule has 2 aromatic rings. The highest BCUT2D eigenvalue weighted by Gasteiger charge is 2.55. The Labute approximate surface area is 299 Å². The topological polar surface area (TPSA) is 187 Å². The summed E-state index contributed by atoms with van der Waals surface area (Å²) < 4.78 is 51.4. The Morgan fingerprint density at radius 1 is 0.923 bits per heavy atom. The second-order valence-corrected chi connectivity index (χ2v) is 13.0. The standard InChI is InChI=1S/C36H42N2O14/c1-8-20-22-11-26-30-21(23-12-27(44-6)28(45-7)13-25(23)37-30)9-10-38(26)34(43)24(22)14-47-35(20)52-36-33(50-19(5)42)32(49-18(4)41)31(48-17(3)40)29(51-36)15-46-16(2)39/h8,12-14,20,22,26,29,31-33,35-37H,1,9-11,15H2,2-7H3/t20-,22+,26+,29-,31-,32+,33-,35+,36+/m1/s1. The van der Waals surface area contributed by atoms with Gasteiger partial charge in [0.05, 0.1) is 32.1 Å². The number of rotatable bonds is 10. The summed E-state index contributed by atoms with van der Waals surface area (Å²) in [5.74, 6) is -2.99. The van der Waals surface area contributed by atoms with E-state index in [4.69, 9.17) is 42.6 Å². The molecular formula is C36H42N2O14. The van der Waals surface area contributed by atoms with Crippen molar-refractivity contribution >= 4 is 40.7 Å². The molecule has 0 bridgehead atoms. The van der Waals surface area contributed by atoms with Crippen molar-refractivity contribution in [2.45, 2.75) is 83.6 Å². The lowest BCUT2D eigenvalue weighted by molar-refractivity contribution is -0.342. The van der Waals surface area contributed by atoms with Gasteiger partial charge in [-0.3, -0.25) is 24.0 Å². The molecule has 1 amide bonds. The minimum Gasteiger partial charge on any atom is -0.493 e. The molecular weight excluding hydrogens is 684 g/mol. The number of hydrogen-bond acceptors (Lipinski definition) is 14. The Balaban J connectivity index is 1.32. The quantitative estimate of drug-likeness (QED) is 0.214. The fraction of sp³-hybridized carbons (Fsp3) is 0.528. The van der Waals surface area contributed by atoms with E-state index in [0.29, 0.717) is 36.5 Å². The van der Waals surface area contributed by atoms with Gasteiger partial charge in [-0.25, -0.2) is 0 Å². The minimum absolute atomic E-state index is 0.182. The van der Waals surface area contributed by atoms with Crippen LogP contribution in [0.15, 0.2) is 36.6 Å². The van der Waals surface area contributed by atoms with Gasteiger partial charge in [0.1, 0.15) is 12.7 Å².